The number of nitrogens with zero attached hydrogens (tertiary/aromatic N) is 1. The third kappa shape index (κ3) is 2.44. The SMILES string of the molecule is CC(CN1CCSCC1C)C1CNC1. The number of hydrogen-bond acceptors (Lipinski definition) is 3. The second kappa shape index (κ2) is 4.86. The van der Waals surface area contributed by atoms with Crippen LogP contribution in [0.3, 0.4) is 0 Å². The summed E-state index contributed by atoms with van der Waals surface area (Å²) in [5, 5.41) is 3.37. The molecule has 0 aromatic carbocycles. The summed E-state index contributed by atoms with van der Waals surface area (Å²) in [6.07, 6.45) is 0. The monoisotopic (exact) mass is 214 g/mol. The lowest BCUT2D eigenvalue weighted by Gasteiger charge is -2.39. The molecule has 2 rings (SSSR count). The Morgan fingerprint density at radius 2 is 2.29 bits per heavy atom. The van der Waals surface area contributed by atoms with Gasteiger partial charge in [-0.25, -0.2) is 0 Å². The molecule has 2 heterocycles. The van der Waals surface area contributed by atoms with Gasteiger partial charge in [0.1, 0.15) is 0 Å². The van der Waals surface area contributed by atoms with Gasteiger partial charge >= 0.3 is 0 Å². The van der Waals surface area contributed by atoms with Gasteiger partial charge in [0.2, 0.25) is 0 Å². The Morgan fingerprint density at radius 1 is 1.50 bits per heavy atom. The van der Waals surface area contributed by atoms with Crippen molar-refractivity contribution in [2.45, 2.75) is 19.9 Å². The number of nitrogens with one attached hydrogen (secondary N) is 1. The fourth-order valence-corrected chi connectivity index (χ4v) is 3.35. The van der Waals surface area contributed by atoms with Crippen molar-refractivity contribution in [3.8, 4) is 0 Å². The zero-order valence-corrected chi connectivity index (χ0v) is 10.1. The summed E-state index contributed by atoms with van der Waals surface area (Å²) in [5.74, 6) is 4.48. The van der Waals surface area contributed by atoms with Crippen LogP contribution in [0.5, 0.6) is 0 Å². The highest BCUT2D eigenvalue weighted by Gasteiger charge is 2.27. The van der Waals surface area contributed by atoms with Gasteiger partial charge in [0, 0.05) is 30.6 Å². The van der Waals surface area contributed by atoms with Crippen LogP contribution in [0.25, 0.3) is 0 Å². The van der Waals surface area contributed by atoms with Crippen molar-refractivity contribution >= 4 is 11.8 Å². The molecule has 82 valence electrons. The smallest absolute Gasteiger partial charge is 0.0158 e. The van der Waals surface area contributed by atoms with Crippen LogP contribution in [-0.2, 0) is 0 Å². The predicted molar refractivity (Wildman–Crippen MR) is 63.9 cm³/mol. The molecular formula is C11H22N2S. The van der Waals surface area contributed by atoms with Crippen molar-refractivity contribution in [3.63, 3.8) is 0 Å². The van der Waals surface area contributed by atoms with Crippen molar-refractivity contribution in [2.24, 2.45) is 11.8 Å². The Bertz CT molecular complexity index is 182. The molecular weight excluding hydrogens is 192 g/mol. The number of rotatable bonds is 3. The lowest BCUT2D eigenvalue weighted by atomic mass is 9.88. The molecule has 14 heavy (non-hydrogen) atoms. The maximum atomic E-state index is 3.37. The second-order valence-electron chi connectivity index (χ2n) is 4.81. The standard InChI is InChI=1S/C11H22N2S/c1-9(11-5-12-6-11)7-13-3-4-14-8-10(13)2/h9-12H,3-8H2,1-2H3. The Morgan fingerprint density at radius 3 is 2.86 bits per heavy atom. The van der Waals surface area contributed by atoms with Gasteiger partial charge in [0.05, 0.1) is 0 Å². The van der Waals surface area contributed by atoms with Crippen LogP contribution < -0.4 is 5.32 Å². The third-order valence-electron chi connectivity index (χ3n) is 3.65. The average Bonchev–Trinajstić information content (AvgIpc) is 2.05. The van der Waals surface area contributed by atoms with Crippen molar-refractivity contribution < 1.29 is 0 Å². The van der Waals surface area contributed by atoms with E-state index in [1.807, 2.05) is 0 Å². The van der Waals surface area contributed by atoms with Gasteiger partial charge in [0.25, 0.3) is 0 Å². The Balaban J connectivity index is 1.76. The quantitative estimate of drug-likeness (QED) is 0.762. The summed E-state index contributed by atoms with van der Waals surface area (Å²) >= 11 is 2.11. The molecule has 2 saturated heterocycles. The Kier molecular flexibility index (Phi) is 3.74. The van der Waals surface area contributed by atoms with Gasteiger partial charge in [-0.2, -0.15) is 11.8 Å². The molecule has 0 radical (unpaired) electrons. The van der Waals surface area contributed by atoms with E-state index in [2.05, 4.69) is 35.8 Å². The highest BCUT2D eigenvalue weighted by molar-refractivity contribution is 7.99. The zero-order valence-electron chi connectivity index (χ0n) is 9.33. The van der Waals surface area contributed by atoms with Crippen LogP contribution in [0, 0.1) is 11.8 Å². The van der Waals surface area contributed by atoms with E-state index in [-0.39, 0.29) is 0 Å². The molecule has 2 aliphatic rings. The fraction of sp³-hybridized carbons (Fsp3) is 1.00. The van der Waals surface area contributed by atoms with Crippen molar-refractivity contribution in [1.82, 2.24) is 10.2 Å². The van der Waals surface area contributed by atoms with Gasteiger partial charge in [-0.3, -0.25) is 4.90 Å². The molecule has 3 heteroatoms. The highest BCUT2D eigenvalue weighted by Crippen LogP contribution is 2.21. The molecule has 0 saturated carbocycles. The van der Waals surface area contributed by atoms with Crippen LogP contribution in [0.1, 0.15) is 13.8 Å². The van der Waals surface area contributed by atoms with Crippen molar-refractivity contribution in [1.29, 1.82) is 0 Å². The van der Waals surface area contributed by atoms with Crippen molar-refractivity contribution in [3.05, 3.63) is 0 Å². The van der Waals surface area contributed by atoms with Crippen LogP contribution in [0.15, 0.2) is 0 Å². The lowest BCUT2D eigenvalue weighted by Crippen LogP contribution is -2.50. The topological polar surface area (TPSA) is 15.3 Å². The first-order valence-corrected chi connectivity index (χ1v) is 6.95. The normalized spacial score (nSPS) is 32.6. The summed E-state index contributed by atoms with van der Waals surface area (Å²) < 4.78 is 0. The molecule has 2 fully saturated rings. The third-order valence-corrected chi connectivity index (χ3v) is 4.83. The Hall–Kier alpha value is 0.270. The first kappa shape index (κ1) is 10.8. The summed E-state index contributed by atoms with van der Waals surface area (Å²) in [7, 11) is 0. The van der Waals surface area contributed by atoms with Crippen LogP contribution in [0.2, 0.25) is 0 Å². The molecule has 0 aromatic rings. The van der Waals surface area contributed by atoms with E-state index >= 15 is 0 Å². The van der Waals surface area contributed by atoms with E-state index in [1.54, 1.807) is 0 Å². The van der Waals surface area contributed by atoms with Gasteiger partial charge in [-0.1, -0.05) is 6.92 Å². The summed E-state index contributed by atoms with van der Waals surface area (Å²) in [6.45, 7) is 9.90. The van der Waals surface area contributed by atoms with Crippen LogP contribution in [0.4, 0.5) is 0 Å². The molecule has 2 nitrogen and oxygen atoms in total. The summed E-state index contributed by atoms with van der Waals surface area (Å²) in [6, 6.07) is 0.796. The predicted octanol–water partition coefficient (Wildman–Crippen LogP) is 1.28. The molecule has 0 bridgehead atoms. The molecule has 2 aliphatic heterocycles. The number of thioether (sulfide) groups is 1. The van der Waals surface area contributed by atoms with Gasteiger partial charge in [-0.05, 0) is 31.8 Å². The molecule has 0 amide bonds. The van der Waals surface area contributed by atoms with E-state index < -0.39 is 0 Å². The minimum atomic E-state index is 0.796. The molecule has 1 N–H and O–H groups in total. The molecule has 0 aliphatic carbocycles. The van der Waals surface area contributed by atoms with Crippen LogP contribution >= 0.6 is 11.8 Å². The Labute approximate surface area is 91.8 Å². The molecule has 0 spiro atoms. The molecule has 2 unspecified atom stereocenters. The van der Waals surface area contributed by atoms with Gasteiger partial charge < -0.3 is 5.32 Å². The van der Waals surface area contributed by atoms with Gasteiger partial charge in [0.15, 0.2) is 0 Å². The minimum Gasteiger partial charge on any atom is -0.316 e. The average molecular weight is 214 g/mol. The highest BCUT2D eigenvalue weighted by atomic mass is 32.2. The van der Waals surface area contributed by atoms with Crippen molar-refractivity contribution in [2.75, 3.05) is 37.7 Å². The minimum absolute atomic E-state index is 0.796. The summed E-state index contributed by atoms with van der Waals surface area (Å²) in [5.41, 5.74) is 0. The van der Waals surface area contributed by atoms with Crippen LogP contribution in [-0.4, -0.2) is 48.6 Å². The second-order valence-corrected chi connectivity index (χ2v) is 5.96. The summed E-state index contributed by atoms with van der Waals surface area (Å²) in [4.78, 5) is 2.68. The van der Waals surface area contributed by atoms with E-state index in [1.165, 1.54) is 37.7 Å². The largest absolute Gasteiger partial charge is 0.316 e. The zero-order chi connectivity index (χ0) is 9.97. The van der Waals surface area contributed by atoms with Gasteiger partial charge in [-0.15, -0.1) is 0 Å². The first-order chi connectivity index (χ1) is 6.77. The molecule has 0 aromatic heterocycles. The van der Waals surface area contributed by atoms with E-state index in [9.17, 15) is 0 Å². The maximum absolute atomic E-state index is 3.37. The number of hydrogen-bond donors (Lipinski definition) is 1. The fourth-order valence-electron chi connectivity index (χ4n) is 2.27. The van der Waals surface area contributed by atoms with E-state index in [4.69, 9.17) is 0 Å². The maximum Gasteiger partial charge on any atom is 0.0158 e. The first-order valence-electron chi connectivity index (χ1n) is 5.80. The lowest BCUT2D eigenvalue weighted by molar-refractivity contribution is 0.146. The van der Waals surface area contributed by atoms with E-state index in [0.29, 0.717) is 0 Å². The van der Waals surface area contributed by atoms with E-state index in [0.717, 1.165) is 17.9 Å². The molecule has 2 atom stereocenters.